The summed E-state index contributed by atoms with van der Waals surface area (Å²) in [5.74, 6) is -1.62. The average molecular weight is 379 g/mol. The Morgan fingerprint density at radius 2 is 1.78 bits per heavy atom. The Kier molecular flexibility index (Phi) is 6.09. The molecule has 5 nitrogen and oxygen atoms in total. The van der Waals surface area contributed by atoms with Crippen LogP contribution in [0.5, 0.6) is 0 Å². The Hall–Kier alpha value is -2.02. The molecule has 1 aromatic carbocycles. The number of nitrogens with one attached hydrogen (secondary N) is 2. The second-order valence-electron chi connectivity index (χ2n) is 7.87. The highest BCUT2D eigenvalue weighted by molar-refractivity contribution is 5.79. The summed E-state index contributed by atoms with van der Waals surface area (Å²) in [6, 6.07) is 2.68. The van der Waals surface area contributed by atoms with Gasteiger partial charge in [-0.3, -0.25) is 9.59 Å². The van der Waals surface area contributed by atoms with Crippen LogP contribution < -0.4 is 16.4 Å². The predicted molar refractivity (Wildman–Crippen MR) is 97.5 cm³/mol. The number of rotatable bonds is 5. The van der Waals surface area contributed by atoms with Crippen molar-refractivity contribution in [3.05, 3.63) is 35.4 Å². The minimum atomic E-state index is -1.05. The number of hydrogen-bond donors (Lipinski definition) is 3. The molecule has 3 rings (SSSR count). The smallest absolute Gasteiger partial charge is 0.222 e. The number of amides is 2. The van der Waals surface area contributed by atoms with Gasteiger partial charge in [0.05, 0.1) is 12.5 Å². The number of fused-ring (bicyclic) bond motifs is 2. The van der Waals surface area contributed by atoms with E-state index in [1.807, 2.05) is 0 Å². The molecule has 4 N–H and O–H groups in total. The standard InChI is InChI=1S/C20H27F2N3O2/c1-11(26)24-17(19-15(21)6-3-7-16(19)22)10-18(27)25-20-12-4-2-5-13(20)9-14(23)8-12/h3,6-7,12-14,17,20H,2,4-5,8-10,23H2,1H3,(H,24,26)(H,25,27). The third-order valence-electron chi connectivity index (χ3n) is 5.82. The maximum atomic E-state index is 14.2. The van der Waals surface area contributed by atoms with Crippen LogP contribution >= 0.6 is 0 Å². The first-order chi connectivity index (χ1) is 12.8. The summed E-state index contributed by atoms with van der Waals surface area (Å²) in [7, 11) is 0. The molecule has 2 bridgehead atoms. The average Bonchev–Trinajstić information content (AvgIpc) is 2.55. The molecule has 0 aromatic heterocycles. The van der Waals surface area contributed by atoms with Crippen LogP contribution in [0.1, 0.15) is 57.1 Å². The molecule has 1 aromatic rings. The first kappa shape index (κ1) is 19.7. The first-order valence-corrected chi connectivity index (χ1v) is 9.61. The van der Waals surface area contributed by atoms with Gasteiger partial charge in [0.15, 0.2) is 0 Å². The SMILES string of the molecule is CC(=O)NC(CC(=O)NC1C2CCCC1CC(N)C2)c1c(F)cccc1F. The van der Waals surface area contributed by atoms with Gasteiger partial charge in [-0.1, -0.05) is 12.5 Å². The van der Waals surface area contributed by atoms with Gasteiger partial charge in [-0.15, -0.1) is 0 Å². The highest BCUT2D eigenvalue weighted by Crippen LogP contribution is 2.39. The first-order valence-electron chi connectivity index (χ1n) is 9.61. The quantitative estimate of drug-likeness (QED) is 0.735. The van der Waals surface area contributed by atoms with Crippen molar-refractivity contribution >= 4 is 11.8 Å². The molecule has 2 aliphatic rings. The van der Waals surface area contributed by atoms with Crippen molar-refractivity contribution in [2.75, 3.05) is 0 Å². The van der Waals surface area contributed by atoms with Crippen molar-refractivity contribution in [3.63, 3.8) is 0 Å². The van der Waals surface area contributed by atoms with E-state index in [1.54, 1.807) is 0 Å². The molecule has 2 amide bonds. The fraction of sp³-hybridized carbons (Fsp3) is 0.600. The van der Waals surface area contributed by atoms with E-state index < -0.39 is 23.6 Å². The topological polar surface area (TPSA) is 84.2 Å². The van der Waals surface area contributed by atoms with Crippen molar-refractivity contribution in [3.8, 4) is 0 Å². The Morgan fingerprint density at radius 3 is 2.33 bits per heavy atom. The van der Waals surface area contributed by atoms with Gasteiger partial charge in [0.1, 0.15) is 11.6 Å². The highest BCUT2D eigenvalue weighted by Gasteiger charge is 2.40. The maximum absolute atomic E-state index is 14.2. The van der Waals surface area contributed by atoms with E-state index in [9.17, 15) is 18.4 Å². The Balaban J connectivity index is 1.72. The summed E-state index contributed by atoms with van der Waals surface area (Å²) < 4.78 is 28.3. The molecular weight excluding hydrogens is 352 g/mol. The number of benzene rings is 1. The van der Waals surface area contributed by atoms with Crippen LogP contribution in [0, 0.1) is 23.5 Å². The monoisotopic (exact) mass is 379 g/mol. The highest BCUT2D eigenvalue weighted by atomic mass is 19.1. The molecule has 0 radical (unpaired) electrons. The minimum absolute atomic E-state index is 0.0505. The lowest BCUT2D eigenvalue weighted by Gasteiger charge is -2.45. The van der Waals surface area contributed by atoms with Gasteiger partial charge < -0.3 is 16.4 Å². The summed E-state index contributed by atoms with van der Waals surface area (Å²) in [6.45, 7) is 1.26. The molecule has 27 heavy (non-hydrogen) atoms. The van der Waals surface area contributed by atoms with Gasteiger partial charge in [0.25, 0.3) is 0 Å². The molecule has 3 unspecified atom stereocenters. The third kappa shape index (κ3) is 4.64. The zero-order valence-electron chi connectivity index (χ0n) is 15.5. The van der Waals surface area contributed by atoms with Crippen molar-refractivity contribution in [1.29, 1.82) is 0 Å². The Morgan fingerprint density at radius 1 is 1.19 bits per heavy atom. The Labute approximate surface area is 158 Å². The molecule has 7 heteroatoms. The zero-order valence-corrected chi connectivity index (χ0v) is 15.5. The van der Waals surface area contributed by atoms with Crippen LogP contribution in [0.25, 0.3) is 0 Å². The van der Waals surface area contributed by atoms with E-state index in [4.69, 9.17) is 5.73 Å². The number of carbonyl (C=O) groups is 2. The third-order valence-corrected chi connectivity index (χ3v) is 5.82. The van der Waals surface area contributed by atoms with E-state index in [2.05, 4.69) is 10.6 Å². The maximum Gasteiger partial charge on any atom is 0.222 e. The van der Waals surface area contributed by atoms with Gasteiger partial charge in [-0.05, 0) is 49.7 Å². The number of halogens is 2. The lowest BCUT2D eigenvalue weighted by atomic mass is 9.67. The zero-order chi connectivity index (χ0) is 19.6. The summed E-state index contributed by atoms with van der Waals surface area (Å²) in [5, 5.41) is 5.57. The molecular formula is C20H27F2N3O2. The van der Waals surface area contributed by atoms with Gasteiger partial charge >= 0.3 is 0 Å². The molecule has 0 heterocycles. The molecule has 0 aliphatic heterocycles. The molecule has 0 saturated heterocycles. The summed E-state index contributed by atoms with van der Waals surface area (Å²) >= 11 is 0. The van der Waals surface area contributed by atoms with E-state index in [1.165, 1.54) is 13.0 Å². The summed E-state index contributed by atoms with van der Waals surface area (Å²) in [5.41, 5.74) is 5.84. The lowest BCUT2D eigenvalue weighted by molar-refractivity contribution is -0.124. The van der Waals surface area contributed by atoms with Crippen LogP contribution in [-0.4, -0.2) is 23.9 Å². The van der Waals surface area contributed by atoms with Crippen LogP contribution in [0.4, 0.5) is 8.78 Å². The van der Waals surface area contributed by atoms with E-state index >= 15 is 0 Å². The second-order valence-corrected chi connectivity index (χ2v) is 7.87. The van der Waals surface area contributed by atoms with Crippen LogP contribution in [0.2, 0.25) is 0 Å². The van der Waals surface area contributed by atoms with Crippen LogP contribution in [0.3, 0.4) is 0 Å². The molecule has 148 valence electrons. The fourth-order valence-corrected chi connectivity index (χ4v) is 4.77. The lowest BCUT2D eigenvalue weighted by Crippen LogP contribution is -2.54. The number of hydrogen-bond acceptors (Lipinski definition) is 3. The van der Waals surface area contributed by atoms with Crippen LogP contribution in [0.15, 0.2) is 18.2 Å². The van der Waals surface area contributed by atoms with Gasteiger partial charge in [0, 0.05) is 24.6 Å². The van der Waals surface area contributed by atoms with Crippen molar-refractivity contribution < 1.29 is 18.4 Å². The molecule has 2 aliphatic carbocycles. The van der Waals surface area contributed by atoms with Crippen LogP contribution in [-0.2, 0) is 9.59 Å². The van der Waals surface area contributed by atoms with E-state index in [-0.39, 0.29) is 30.0 Å². The predicted octanol–water partition coefficient (Wildman–Crippen LogP) is 2.55. The minimum Gasteiger partial charge on any atom is -0.353 e. The fourth-order valence-electron chi connectivity index (χ4n) is 4.77. The van der Waals surface area contributed by atoms with Gasteiger partial charge in [0.2, 0.25) is 11.8 Å². The molecule has 2 fully saturated rings. The normalized spacial score (nSPS) is 28.3. The largest absolute Gasteiger partial charge is 0.353 e. The summed E-state index contributed by atoms with van der Waals surface area (Å²) in [6.07, 6.45) is 4.78. The molecule has 2 saturated carbocycles. The van der Waals surface area contributed by atoms with E-state index in [0.717, 1.165) is 44.2 Å². The van der Waals surface area contributed by atoms with Crippen molar-refractivity contribution in [2.45, 2.75) is 63.6 Å². The second kappa shape index (κ2) is 8.33. The van der Waals surface area contributed by atoms with E-state index in [0.29, 0.717) is 11.8 Å². The number of carbonyl (C=O) groups excluding carboxylic acids is 2. The molecule has 3 atom stereocenters. The number of nitrogens with two attached hydrogens (primary N) is 1. The van der Waals surface area contributed by atoms with Crippen molar-refractivity contribution in [2.24, 2.45) is 17.6 Å². The summed E-state index contributed by atoms with van der Waals surface area (Å²) in [4.78, 5) is 24.2. The van der Waals surface area contributed by atoms with Gasteiger partial charge in [-0.25, -0.2) is 8.78 Å². The van der Waals surface area contributed by atoms with Crippen molar-refractivity contribution in [1.82, 2.24) is 10.6 Å². The Bertz CT molecular complexity index is 678. The molecule has 0 spiro atoms. The van der Waals surface area contributed by atoms with Gasteiger partial charge in [-0.2, -0.15) is 0 Å².